The summed E-state index contributed by atoms with van der Waals surface area (Å²) in [6.07, 6.45) is 5.01. The molecule has 41 heavy (non-hydrogen) atoms. The molecule has 2 aliphatic rings. The van der Waals surface area contributed by atoms with Gasteiger partial charge in [-0.15, -0.1) is 0 Å². The molecule has 2 aromatic rings. The van der Waals surface area contributed by atoms with Gasteiger partial charge in [-0.25, -0.2) is 18.0 Å². The van der Waals surface area contributed by atoms with Crippen molar-refractivity contribution in [2.75, 3.05) is 33.9 Å². The first-order chi connectivity index (χ1) is 19.7. The summed E-state index contributed by atoms with van der Waals surface area (Å²) in [5, 5.41) is 5.76. The molecule has 0 aromatic heterocycles. The summed E-state index contributed by atoms with van der Waals surface area (Å²) in [4.78, 5) is 41.3. The number of nitrogens with zero attached hydrogens (tertiary/aromatic N) is 2. The minimum absolute atomic E-state index is 0.00364. The summed E-state index contributed by atoms with van der Waals surface area (Å²) in [6.45, 7) is -0.201. The van der Waals surface area contributed by atoms with E-state index in [0.717, 1.165) is 37.7 Å². The molecule has 1 saturated carbocycles. The zero-order valence-corrected chi connectivity index (χ0v) is 24.3. The van der Waals surface area contributed by atoms with Crippen LogP contribution in [0.25, 0.3) is 0 Å². The second kappa shape index (κ2) is 13.8. The Morgan fingerprint density at radius 2 is 1.63 bits per heavy atom. The highest BCUT2D eigenvalue weighted by atomic mass is 32.2. The van der Waals surface area contributed by atoms with E-state index in [0.29, 0.717) is 5.75 Å². The van der Waals surface area contributed by atoms with Crippen LogP contribution in [-0.4, -0.2) is 87.5 Å². The number of carbonyl (C=O) groups excluding carboxylic acids is 3. The number of urea groups is 1. The number of esters is 1. The fourth-order valence-corrected chi connectivity index (χ4v) is 6.75. The number of carbonyl (C=O) groups is 3. The van der Waals surface area contributed by atoms with Crippen molar-refractivity contribution in [2.24, 2.45) is 0 Å². The lowest BCUT2D eigenvalue weighted by molar-refractivity contribution is -0.145. The predicted molar refractivity (Wildman–Crippen MR) is 152 cm³/mol. The molecule has 4 rings (SSSR count). The van der Waals surface area contributed by atoms with Gasteiger partial charge >= 0.3 is 12.0 Å². The van der Waals surface area contributed by atoms with Gasteiger partial charge in [0.1, 0.15) is 17.8 Å². The van der Waals surface area contributed by atoms with Gasteiger partial charge in [-0.3, -0.25) is 4.79 Å². The molecule has 1 aliphatic heterocycles. The lowest BCUT2D eigenvalue weighted by Gasteiger charge is -2.41. The van der Waals surface area contributed by atoms with Crippen LogP contribution in [0.1, 0.15) is 37.7 Å². The van der Waals surface area contributed by atoms with Crippen LogP contribution in [0.5, 0.6) is 5.75 Å². The van der Waals surface area contributed by atoms with Gasteiger partial charge in [0.05, 0.1) is 19.1 Å². The Morgan fingerprint density at radius 3 is 2.27 bits per heavy atom. The van der Waals surface area contributed by atoms with Crippen molar-refractivity contribution in [3.05, 3.63) is 60.2 Å². The van der Waals surface area contributed by atoms with Crippen LogP contribution in [0.4, 0.5) is 4.79 Å². The number of methoxy groups -OCH3 is 2. The van der Waals surface area contributed by atoms with Gasteiger partial charge in [0, 0.05) is 32.1 Å². The van der Waals surface area contributed by atoms with E-state index >= 15 is 0 Å². The van der Waals surface area contributed by atoms with E-state index in [9.17, 15) is 22.8 Å². The topological polar surface area (TPSA) is 134 Å². The summed E-state index contributed by atoms with van der Waals surface area (Å²) in [5.41, 5.74) is 0.755. The van der Waals surface area contributed by atoms with Crippen LogP contribution in [0.15, 0.2) is 59.5 Å². The van der Waals surface area contributed by atoms with E-state index in [-0.39, 0.29) is 37.0 Å². The number of nitrogens with one attached hydrogen (secondary N) is 2. The molecule has 2 N–H and O–H groups in total. The Labute approximate surface area is 241 Å². The molecule has 3 amide bonds. The average molecular weight is 587 g/mol. The third-order valence-corrected chi connectivity index (χ3v) is 9.50. The zero-order valence-electron chi connectivity index (χ0n) is 23.5. The molecular formula is C29H38N4O7S. The number of ether oxygens (including phenoxy) is 2. The number of piperazine rings is 1. The largest absolute Gasteiger partial charge is 0.497 e. The van der Waals surface area contributed by atoms with E-state index < -0.39 is 40.0 Å². The first kappa shape index (κ1) is 30.3. The summed E-state index contributed by atoms with van der Waals surface area (Å²) in [5.74, 6) is -0.647. The minimum atomic E-state index is -3.92. The molecule has 11 nitrogen and oxygen atoms in total. The Kier molecular flexibility index (Phi) is 10.2. The van der Waals surface area contributed by atoms with Gasteiger partial charge in [-0.2, -0.15) is 4.31 Å². The molecule has 1 saturated heterocycles. The number of rotatable bonds is 9. The molecule has 2 aromatic carbocycles. The number of hydrogen-bond acceptors (Lipinski definition) is 7. The van der Waals surface area contributed by atoms with Gasteiger partial charge in [0.2, 0.25) is 15.9 Å². The molecule has 0 radical (unpaired) electrons. The maximum absolute atomic E-state index is 13.8. The van der Waals surface area contributed by atoms with Crippen molar-refractivity contribution in [1.29, 1.82) is 0 Å². The van der Waals surface area contributed by atoms with Gasteiger partial charge in [0.25, 0.3) is 0 Å². The Balaban J connectivity index is 1.56. The van der Waals surface area contributed by atoms with Crippen LogP contribution in [0.3, 0.4) is 0 Å². The first-order valence-electron chi connectivity index (χ1n) is 13.9. The van der Waals surface area contributed by atoms with Crippen molar-refractivity contribution in [2.45, 2.75) is 61.5 Å². The van der Waals surface area contributed by atoms with Crippen LogP contribution < -0.4 is 15.4 Å². The zero-order chi connectivity index (χ0) is 29.4. The van der Waals surface area contributed by atoms with E-state index in [1.54, 1.807) is 49.6 Å². The second-order valence-electron chi connectivity index (χ2n) is 10.3. The highest BCUT2D eigenvalue weighted by Gasteiger charge is 2.41. The van der Waals surface area contributed by atoms with Crippen molar-refractivity contribution in [3.8, 4) is 5.75 Å². The van der Waals surface area contributed by atoms with Gasteiger partial charge in [0.15, 0.2) is 0 Å². The average Bonchev–Trinajstić information content (AvgIpc) is 3.01. The Hall–Kier alpha value is -3.64. The fraction of sp³-hybridized carbons (Fsp3) is 0.483. The molecule has 2 atom stereocenters. The third-order valence-electron chi connectivity index (χ3n) is 7.62. The lowest BCUT2D eigenvalue weighted by Crippen LogP contribution is -2.65. The van der Waals surface area contributed by atoms with Crippen molar-refractivity contribution < 1.29 is 32.3 Å². The maximum Gasteiger partial charge on any atom is 0.328 e. The molecule has 1 heterocycles. The first-order valence-corrected chi connectivity index (χ1v) is 15.3. The number of sulfonamides is 1. The maximum atomic E-state index is 13.8. The highest BCUT2D eigenvalue weighted by Crippen LogP contribution is 2.22. The van der Waals surface area contributed by atoms with Gasteiger partial charge in [-0.1, -0.05) is 49.6 Å². The molecule has 2 unspecified atom stereocenters. The van der Waals surface area contributed by atoms with E-state index in [4.69, 9.17) is 9.47 Å². The van der Waals surface area contributed by atoms with E-state index in [2.05, 4.69) is 10.6 Å². The highest BCUT2D eigenvalue weighted by molar-refractivity contribution is 7.89. The molecule has 0 bridgehead atoms. The molecular weight excluding hydrogens is 548 g/mol. The molecule has 0 spiro atoms. The van der Waals surface area contributed by atoms with Crippen molar-refractivity contribution in [3.63, 3.8) is 0 Å². The quantitative estimate of drug-likeness (QED) is 0.431. The Bertz CT molecular complexity index is 1300. The van der Waals surface area contributed by atoms with Crippen LogP contribution in [0, 0.1) is 0 Å². The van der Waals surface area contributed by atoms with Crippen LogP contribution in [-0.2, 0) is 30.8 Å². The van der Waals surface area contributed by atoms with Crippen molar-refractivity contribution >= 4 is 27.9 Å². The molecule has 12 heteroatoms. The summed E-state index contributed by atoms with van der Waals surface area (Å²) >= 11 is 0. The summed E-state index contributed by atoms with van der Waals surface area (Å²) in [6, 6.07) is 12.4. The smallest absolute Gasteiger partial charge is 0.328 e. The Morgan fingerprint density at radius 1 is 0.951 bits per heavy atom. The minimum Gasteiger partial charge on any atom is -0.497 e. The predicted octanol–water partition coefficient (Wildman–Crippen LogP) is 2.31. The van der Waals surface area contributed by atoms with Gasteiger partial charge < -0.3 is 25.0 Å². The fourth-order valence-electron chi connectivity index (χ4n) is 5.29. The normalized spacial score (nSPS) is 19.2. The summed E-state index contributed by atoms with van der Waals surface area (Å²) in [7, 11) is -1.14. The van der Waals surface area contributed by atoms with Crippen LogP contribution in [0.2, 0.25) is 0 Å². The monoisotopic (exact) mass is 586 g/mol. The van der Waals surface area contributed by atoms with Gasteiger partial charge in [-0.05, 0) is 42.7 Å². The SMILES string of the molecule is COC(=O)C(Cc1ccc(OC)cc1)NC(=O)C1CN(S(=O)(=O)c2ccccc2)CCN1C(=O)NC1CCCCC1. The second-order valence-corrected chi connectivity index (χ2v) is 12.2. The molecule has 1 aliphatic carbocycles. The van der Waals surface area contributed by atoms with Crippen molar-refractivity contribution in [1.82, 2.24) is 19.8 Å². The number of amides is 3. The number of benzene rings is 2. The number of hydrogen-bond donors (Lipinski definition) is 2. The standard InChI is InChI=1S/C29H38N4O7S/c1-39-23-15-13-21(14-16-23)19-25(28(35)40-2)31-27(34)26-20-32(41(37,38)24-11-7-4-8-12-24)17-18-33(26)29(36)30-22-9-5-3-6-10-22/h4,7-8,11-16,22,25-26H,3,5-6,9-10,17-20H2,1-2H3,(H,30,36)(H,31,34). The third kappa shape index (κ3) is 7.56. The van der Waals surface area contributed by atoms with E-state index in [1.807, 2.05) is 0 Å². The lowest BCUT2D eigenvalue weighted by atomic mass is 9.96. The molecule has 222 valence electrons. The van der Waals surface area contributed by atoms with E-state index in [1.165, 1.54) is 28.4 Å². The summed E-state index contributed by atoms with van der Waals surface area (Å²) < 4.78 is 38.2. The van der Waals surface area contributed by atoms with Crippen LogP contribution >= 0.6 is 0 Å². The molecule has 2 fully saturated rings.